The number of benzene rings is 1. The van der Waals surface area contributed by atoms with E-state index in [1.807, 2.05) is 0 Å². The summed E-state index contributed by atoms with van der Waals surface area (Å²) in [6.45, 7) is 2.48. The van der Waals surface area contributed by atoms with Crippen molar-refractivity contribution >= 4 is 5.91 Å². The Labute approximate surface area is 98.2 Å². The van der Waals surface area contributed by atoms with Crippen molar-refractivity contribution in [1.29, 1.82) is 0 Å². The number of hydrogen-bond donors (Lipinski definition) is 2. The van der Waals surface area contributed by atoms with E-state index in [-0.39, 0.29) is 12.3 Å². The Morgan fingerprint density at radius 1 is 1.35 bits per heavy atom. The van der Waals surface area contributed by atoms with Gasteiger partial charge in [-0.1, -0.05) is 6.07 Å². The number of halogens is 2. The van der Waals surface area contributed by atoms with Gasteiger partial charge in [0.05, 0.1) is 6.42 Å². The topological polar surface area (TPSA) is 41.1 Å². The molecule has 0 unspecified atom stereocenters. The van der Waals surface area contributed by atoms with E-state index in [1.54, 1.807) is 0 Å². The van der Waals surface area contributed by atoms with Crippen LogP contribution in [0.15, 0.2) is 18.2 Å². The second-order valence-electron chi connectivity index (χ2n) is 4.25. The molecule has 2 rings (SSSR count). The highest BCUT2D eigenvalue weighted by atomic mass is 19.2. The Morgan fingerprint density at radius 3 is 2.71 bits per heavy atom. The molecule has 2 N–H and O–H groups in total. The summed E-state index contributed by atoms with van der Waals surface area (Å²) in [6, 6.07) is 3.51. The maximum atomic E-state index is 12.9. The number of carbonyl (C=O) groups excluding carboxylic acids is 1. The summed E-state index contributed by atoms with van der Waals surface area (Å²) < 4.78 is 25.6. The van der Waals surface area contributed by atoms with Crippen LogP contribution < -0.4 is 10.6 Å². The highest BCUT2D eigenvalue weighted by Gasteiger charge is 2.17. The zero-order chi connectivity index (χ0) is 12.3. The maximum absolute atomic E-state index is 12.9. The van der Waals surface area contributed by atoms with Crippen LogP contribution in [0.25, 0.3) is 0 Å². The molecule has 92 valence electrons. The average Bonchev–Trinajstić information content (AvgIpc) is 2.21. The lowest BCUT2D eigenvalue weighted by Gasteiger charge is -2.27. The van der Waals surface area contributed by atoms with Crippen molar-refractivity contribution in [3.05, 3.63) is 35.4 Å². The molecule has 0 aromatic heterocycles. The van der Waals surface area contributed by atoms with Crippen molar-refractivity contribution in [2.75, 3.05) is 19.6 Å². The summed E-state index contributed by atoms with van der Waals surface area (Å²) in [5, 5.41) is 5.88. The Hall–Kier alpha value is -1.49. The Morgan fingerprint density at radius 2 is 2.12 bits per heavy atom. The van der Waals surface area contributed by atoms with Gasteiger partial charge in [0, 0.05) is 25.6 Å². The van der Waals surface area contributed by atoms with Crippen LogP contribution >= 0.6 is 0 Å². The van der Waals surface area contributed by atoms with E-state index in [9.17, 15) is 13.6 Å². The molecule has 3 nitrogen and oxygen atoms in total. The lowest BCUT2D eigenvalue weighted by atomic mass is 10.0. The molecule has 1 aromatic carbocycles. The fourth-order valence-electron chi connectivity index (χ4n) is 1.65. The second kappa shape index (κ2) is 5.23. The van der Waals surface area contributed by atoms with E-state index in [0.29, 0.717) is 18.0 Å². The summed E-state index contributed by atoms with van der Waals surface area (Å²) in [4.78, 5) is 11.5. The fourth-order valence-corrected chi connectivity index (χ4v) is 1.65. The van der Waals surface area contributed by atoms with Gasteiger partial charge < -0.3 is 10.6 Å². The molecule has 1 aliphatic heterocycles. The summed E-state index contributed by atoms with van der Waals surface area (Å²) in [5.41, 5.74) is 0.480. The first-order valence-corrected chi connectivity index (χ1v) is 5.56. The number of hydrogen-bond acceptors (Lipinski definition) is 2. The van der Waals surface area contributed by atoms with Gasteiger partial charge in [0.1, 0.15) is 0 Å². The third-order valence-corrected chi connectivity index (χ3v) is 2.80. The first-order chi connectivity index (χ1) is 8.15. The molecule has 0 aliphatic carbocycles. The minimum atomic E-state index is -0.918. The van der Waals surface area contributed by atoms with E-state index in [4.69, 9.17) is 0 Å². The third kappa shape index (κ3) is 3.23. The number of nitrogens with one attached hydrogen (secondary N) is 2. The zero-order valence-electron chi connectivity index (χ0n) is 9.30. The van der Waals surface area contributed by atoms with Gasteiger partial charge in [-0.25, -0.2) is 8.78 Å². The van der Waals surface area contributed by atoms with Crippen molar-refractivity contribution in [3.8, 4) is 0 Å². The van der Waals surface area contributed by atoms with Crippen LogP contribution in [0.2, 0.25) is 0 Å². The van der Waals surface area contributed by atoms with Crippen LogP contribution in [0, 0.1) is 17.6 Å². The van der Waals surface area contributed by atoms with Crippen LogP contribution in [-0.4, -0.2) is 25.5 Å². The molecule has 1 aliphatic rings. The van der Waals surface area contributed by atoms with Gasteiger partial charge in [0.2, 0.25) is 5.91 Å². The minimum absolute atomic E-state index is 0.0807. The average molecular weight is 240 g/mol. The molecular weight excluding hydrogens is 226 g/mol. The number of rotatable bonds is 4. The molecule has 0 atom stereocenters. The van der Waals surface area contributed by atoms with Crippen molar-refractivity contribution in [2.45, 2.75) is 6.42 Å². The summed E-state index contributed by atoms with van der Waals surface area (Å²) in [5.74, 6) is -1.49. The molecule has 1 saturated heterocycles. The van der Waals surface area contributed by atoms with E-state index < -0.39 is 11.6 Å². The largest absolute Gasteiger partial charge is 0.355 e. The molecule has 1 fully saturated rings. The van der Waals surface area contributed by atoms with Gasteiger partial charge in [-0.15, -0.1) is 0 Å². The van der Waals surface area contributed by atoms with E-state index >= 15 is 0 Å². The maximum Gasteiger partial charge on any atom is 0.224 e. The lowest BCUT2D eigenvalue weighted by molar-refractivity contribution is -0.120. The Bertz CT molecular complexity index is 419. The lowest BCUT2D eigenvalue weighted by Crippen LogP contribution is -2.48. The van der Waals surface area contributed by atoms with Gasteiger partial charge in [0.15, 0.2) is 11.6 Å². The molecule has 0 saturated carbocycles. The van der Waals surface area contributed by atoms with Crippen molar-refractivity contribution in [1.82, 2.24) is 10.6 Å². The molecule has 0 bridgehead atoms. The first-order valence-electron chi connectivity index (χ1n) is 5.56. The number of carbonyl (C=O) groups is 1. The molecular formula is C12H14F2N2O. The van der Waals surface area contributed by atoms with Gasteiger partial charge in [0.25, 0.3) is 0 Å². The standard InChI is InChI=1S/C12H14F2N2O/c13-10-2-1-8(3-11(10)14)4-12(17)16-7-9-5-15-6-9/h1-3,9,15H,4-7H2,(H,16,17). The van der Waals surface area contributed by atoms with Crippen LogP contribution in [0.4, 0.5) is 8.78 Å². The van der Waals surface area contributed by atoms with Gasteiger partial charge >= 0.3 is 0 Å². The van der Waals surface area contributed by atoms with E-state index in [2.05, 4.69) is 10.6 Å². The van der Waals surface area contributed by atoms with Crippen molar-refractivity contribution in [3.63, 3.8) is 0 Å². The molecule has 1 aromatic rings. The predicted molar refractivity (Wildman–Crippen MR) is 59.4 cm³/mol. The molecule has 17 heavy (non-hydrogen) atoms. The van der Waals surface area contributed by atoms with Gasteiger partial charge in [-0.3, -0.25) is 4.79 Å². The zero-order valence-corrected chi connectivity index (χ0v) is 9.30. The molecule has 1 heterocycles. The Balaban J connectivity index is 1.82. The smallest absolute Gasteiger partial charge is 0.224 e. The minimum Gasteiger partial charge on any atom is -0.355 e. The highest BCUT2D eigenvalue weighted by Crippen LogP contribution is 2.09. The van der Waals surface area contributed by atoms with Crippen LogP contribution in [-0.2, 0) is 11.2 Å². The monoisotopic (exact) mass is 240 g/mol. The second-order valence-corrected chi connectivity index (χ2v) is 4.25. The van der Waals surface area contributed by atoms with Crippen molar-refractivity contribution < 1.29 is 13.6 Å². The molecule has 5 heteroatoms. The van der Waals surface area contributed by atoms with Crippen LogP contribution in [0.5, 0.6) is 0 Å². The molecule has 0 spiro atoms. The van der Waals surface area contributed by atoms with Crippen LogP contribution in [0.3, 0.4) is 0 Å². The molecule has 1 amide bonds. The Kier molecular flexibility index (Phi) is 3.68. The fraction of sp³-hybridized carbons (Fsp3) is 0.417. The summed E-state index contributed by atoms with van der Waals surface area (Å²) >= 11 is 0. The third-order valence-electron chi connectivity index (χ3n) is 2.80. The van der Waals surface area contributed by atoms with Gasteiger partial charge in [-0.2, -0.15) is 0 Å². The summed E-state index contributed by atoms with van der Waals surface area (Å²) in [7, 11) is 0. The summed E-state index contributed by atoms with van der Waals surface area (Å²) in [6.07, 6.45) is 0.0807. The molecule has 0 radical (unpaired) electrons. The first kappa shape index (κ1) is 12.0. The SMILES string of the molecule is O=C(Cc1ccc(F)c(F)c1)NCC1CNC1. The normalized spacial score (nSPS) is 15.4. The van der Waals surface area contributed by atoms with Crippen molar-refractivity contribution in [2.24, 2.45) is 5.92 Å². The van der Waals surface area contributed by atoms with Gasteiger partial charge in [-0.05, 0) is 17.7 Å². The quantitative estimate of drug-likeness (QED) is 0.819. The van der Waals surface area contributed by atoms with E-state index in [0.717, 1.165) is 25.2 Å². The highest BCUT2D eigenvalue weighted by molar-refractivity contribution is 5.78. The predicted octanol–water partition coefficient (Wildman–Crippen LogP) is 0.843. The van der Waals surface area contributed by atoms with Crippen LogP contribution in [0.1, 0.15) is 5.56 Å². The van der Waals surface area contributed by atoms with E-state index in [1.165, 1.54) is 6.07 Å². The number of amides is 1.